The highest BCUT2D eigenvalue weighted by atomic mass is 16.2. The fourth-order valence-electron chi connectivity index (χ4n) is 3.71. The van der Waals surface area contributed by atoms with Crippen LogP contribution in [0.2, 0.25) is 0 Å². The van der Waals surface area contributed by atoms with Crippen LogP contribution in [0.25, 0.3) is 0 Å². The smallest absolute Gasteiger partial charge is 0.247 e. The lowest BCUT2D eigenvalue weighted by atomic mass is 9.85. The summed E-state index contributed by atoms with van der Waals surface area (Å²) in [5.74, 6) is -1.38. The predicted octanol–water partition coefficient (Wildman–Crippen LogP) is 3.31. The molecule has 138 valence electrons. The van der Waals surface area contributed by atoms with E-state index in [9.17, 15) is 14.4 Å². The predicted molar refractivity (Wildman–Crippen MR) is 100 cm³/mol. The van der Waals surface area contributed by atoms with Crippen LogP contribution in [0.3, 0.4) is 0 Å². The Morgan fingerprint density at radius 3 is 2.23 bits per heavy atom. The molecule has 1 saturated heterocycles. The van der Waals surface area contributed by atoms with E-state index < -0.39 is 6.04 Å². The number of carbonyl (C=O) groups excluding carboxylic acids is 3. The Morgan fingerprint density at radius 1 is 1.12 bits per heavy atom. The summed E-state index contributed by atoms with van der Waals surface area (Å²) in [6, 6.07) is 6.94. The molecule has 0 radical (unpaired) electrons. The van der Waals surface area contributed by atoms with Crippen LogP contribution in [-0.2, 0) is 20.8 Å². The second kappa shape index (κ2) is 7.85. The number of hydrogen-bond donors (Lipinski definition) is 1. The third-order valence-corrected chi connectivity index (χ3v) is 5.35. The van der Waals surface area contributed by atoms with E-state index in [4.69, 9.17) is 0 Å². The van der Waals surface area contributed by atoms with Crippen LogP contribution in [0.4, 0.5) is 5.69 Å². The summed E-state index contributed by atoms with van der Waals surface area (Å²) in [4.78, 5) is 38.9. The number of benzene rings is 1. The summed E-state index contributed by atoms with van der Waals surface area (Å²) in [6.07, 6.45) is 8.36. The first kappa shape index (κ1) is 18.4. The number of carbonyl (C=O) groups is 3. The monoisotopic (exact) mass is 354 g/mol. The van der Waals surface area contributed by atoms with Crippen LogP contribution in [0.5, 0.6) is 0 Å². The molecule has 0 aromatic heterocycles. The van der Waals surface area contributed by atoms with Crippen molar-refractivity contribution in [1.29, 1.82) is 0 Å². The maximum Gasteiger partial charge on any atom is 0.247 e. The first-order valence-electron chi connectivity index (χ1n) is 9.44. The Bertz CT molecular complexity index is 697. The van der Waals surface area contributed by atoms with Gasteiger partial charge in [0, 0.05) is 5.69 Å². The zero-order valence-corrected chi connectivity index (χ0v) is 15.4. The van der Waals surface area contributed by atoms with E-state index in [0.29, 0.717) is 18.5 Å². The molecule has 1 aliphatic carbocycles. The number of unbranched alkanes of at least 4 members (excludes halogenated alkanes) is 1. The van der Waals surface area contributed by atoms with Gasteiger partial charge in [-0.15, -0.1) is 0 Å². The van der Waals surface area contributed by atoms with Gasteiger partial charge in [0.05, 0.1) is 11.8 Å². The van der Waals surface area contributed by atoms with Crippen molar-refractivity contribution in [2.75, 3.05) is 5.32 Å². The minimum absolute atomic E-state index is 0.220. The average Bonchev–Trinajstić information content (AvgIpc) is 2.91. The molecule has 1 aromatic carbocycles. The van der Waals surface area contributed by atoms with Gasteiger partial charge in [0.1, 0.15) is 6.04 Å². The second-order valence-corrected chi connectivity index (χ2v) is 7.17. The molecule has 3 amide bonds. The van der Waals surface area contributed by atoms with Gasteiger partial charge in [0.15, 0.2) is 0 Å². The number of anilines is 1. The molecule has 1 N–H and O–H groups in total. The second-order valence-electron chi connectivity index (χ2n) is 7.17. The van der Waals surface area contributed by atoms with Crippen LogP contribution in [-0.4, -0.2) is 28.7 Å². The van der Waals surface area contributed by atoms with Crippen molar-refractivity contribution in [1.82, 2.24) is 4.90 Å². The lowest BCUT2D eigenvalue weighted by Gasteiger charge is -2.22. The molecular formula is C21H26N2O3. The van der Waals surface area contributed by atoms with Crippen LogP contribution < -0.4 is 5.32 Å². The molecule has 1 aliphatic heterocycles. The zero-order valence-electron chi connectivity index (χ0n) is 15.4. The van der Waals surface area contributed by atoms with Gasteiger partial charge < -0.3 is 5.32 Å². The minimum Gasteiger partial charge on any atom is -0.324 e. The van der Waals surface area contributed by atoms with Gasteiger partial charge in [0.2, 0.25) is 17.7 Å². The highest BCUT2D eigenvalue weighted by molar-refractivity contribution is 6.10. The first-order valence-corrected chi connectivity index (χ1v) is 9.44. The van der Waals surface area contributed by atoms with E-state index in [-0.39, 0.29) is 29.6 Å². The van der Waals surface area contributed by atoms with Gasteiger partial charge in [-0.3, -0.25) is 19.3 Å². The summed E-state index contributed by atoms with van der Waals surface area (Å²) in [7, 11) is 0. The van der Waals surface area contributed by atoms with E-state index in [1.54, 1.807) is 6.92 Å². The number of allylic oxidation sites excluding steroid dienone is 2. The van der Waals surface area contributed by atoms with E-state index in [1.165, 1.54) is 5.56 Å². The summed E-state index contributed by atoms with van der Waals surface area (Å²) in [5, 5.41) is 2.82. The normalized spacial score (nSPS) is 23.1. The van der Waals surface area contributed by atoms with Crippen molar-refractivity contribution in [3.05, 3.63) is 42.0 Å². The van der Waals surface area contributed by atoms with Crippen LogP contribution in [0.1, 0.15) is 45.1 Å². The highest BCUT2D eigenvalue weighted by Crippen LogP contribution is 2.36. The zero-order chi connectivity index (χ0) is 18.7. The van der Waals surface area contributed by atoms with Crippen molar-refractivity contribution < 1.29 is 14.4 Å². The molecule has 1 fully saturated rings. The number of aryl methyl sites for hydroxylation is 1. The van der Waals surface area contributed by atoms with Gasteiger partial charge in [-0.25, -0.2) is 0 Å². The quantitative estimate of drug-likeness (QED) is 0.629. The Labute approximate surface area is 154 Å². The van der Waals surface area contributed by atoms with Gasteiger partial charge in [-0.1, -0.05) is 37.6 Å². The van der Waals surface area contributed by atoms with Crippen LogP contribution >= 0.6 is 0 Å². The molecule has 3 atom stereocenters. The molecular weight excluding hydrogens is 328 g/mol. The molecule has 5 nitrogen and oxygen atoms in total. The average molecular weight is 354 g/mol. The van der Waals surface area contributed by atoms with E-state index in [1.807, 2.05) is 36.4 Å². The molecule has 0 bridgehead atoms. The number of likely N-dealkylation sites (tertiary alicyclic amines) is 1. The van der Waals surface area contributed by atoms with Crippen LogP contribution in [0, 0.1) is 11.8 Å². The van der Waals surface area contributed by atoms with Crippen molar-refractivity contribution >= 4 is 23.4 Å². The Hall–Kier alpha value is -2.43. The Balaban J connectivity index is 1.64. The number of fused-ring (bicyclic) bond motifs is 1. The third kappa shape index (κ3) is 3.57. The molecule has 3 rings (SSSR count). The molecule has 5 heteroatoms. The molecule has 0 saturated carbocycles. The van der Waals surface area contributed by atoms with Gasteiger partial charge in [-0.05, 0) is 50.3 Å². The van der Waals surface area contributed by atoms with Gasteiger partial charge in [0.25, 0.3) is 0 Å². The summed E-state index contributed by atoms with van der Waals surface area (Å²) in [5.41, 5.74) is 1.92. The largest absolute Gasteiger partial charge is 0.324 e. The van der Waals surface area contributed by atoms with E-state index >= 15 is 0 Å². The number of rotatable bonds is 6. The molecule has 1 heterocycles. The number of nitrogens with one attached hydrogen (secondary N) is 1. The lowest BCUT2D eigenvalue weighted by molar-refractivity contribution is -0.146. The third-order valence-electron chi connectivity index (χ3n) is 5.35. The molecule has 2 unspecified atom stereocenters. The SMILES string of the molecule is CCCCc1ccc(NC(=O)[C@H](C)N2C(=O)C3CC=CCC3C2=O)cc1. The Kier molecular flexibility index (Phi) is 5.55. The topological polar surface area (TPSA) is 66.5 Å². The Morgan fingerprint density at radius 2 is 1.69 bits per heavy atom. The van der Waals surface area contributed by atoms with Crippen LogP contribution in [0.15, 0.2) is 36.4 Å². The number of nitrogens with zero attached hydrogens (tertiary/aromatic N) is 1. The van der Waals surface area contributed by atoms with Crippen molar-refractivity contribution in [2.24, 2.45) is 11.8 Å². The molecule has 1 aromatic rings. The van der Waals surface area contributed by atoms with Gasteiger partial charge in [-0.2, -0.15) is 0 Å². The van der Waals surface area contributed by atoms with Crippen molar-refractivity contribution in [3.8, 4) is 0 Å². The molecule has 2 aliphatic rings. The molecule has 0 spiro atoms. The number of imide groups is 1. The number of hydrogen-bond acceptors (Lipinski definition) is 3. The summed E-state index contributed by atoms with van der Waals surface area (Å²) >= 11 is 0. The maximum absolute atomic E-state index is 12.6. The van der Waals surface area contributed by atoms with E-state index in [0.717, 1.165) is 24.2 Å². The van der Waals surface area contributed by atoms with Gasteiger partial charge >= 0.3 is 0 Å². The fourth-order valence-corrected chi connectivity index (χ4v) is 3.71. The molecule has 26 heavy (non-hydrogen) atoms. The summed E-state index contributed by atoms with van der Waals surface area (Å²) < 4.78 is 0. The standard InChI is InChI=1S/C21H26N2O3/c1-3-4-7-15-10-12-16(13-11-15)22-19(24)14(2)23-20(25)17-8-5-6-9-18(17)21(23)26/h5-6,10-14,17-18H,3-4,7-9H2,1-2H3,(H,22,24)/t14-,17?,18?/m0/s1. The van der Waals surface area contributed by atoms with Crippen molar-refractivity contribution in [3.63, 3.8) is 0 Å². The lowest BCUT2D eigenvalue weighted by Crippen LogP contribution is -2.46. The summed E-state index contributed by atoms with van der Waals surface area (Å²) in [6.45, 7) is 3.77. The first-order chi connectivity index (χ1) is 12.5. The van der Waals surface area contributed by atoms with Crippen molar-refractivity contribution in [2.45, 2.75) is 52.0 Å². The highest BCUT2D eigenvalue weighted by Gasteiger charge is 2.50. The maximum atomic E-state index is 12.6. The number of amides is 3. The van der Waals surface area contributed by atoms with E-state index in [2.05, 4.69) is 12.2 Å². The minimum atomic E-state index is -0.805. The fraction of sp³-hybridized carbons (Fsp3) is 0.476.